The third kappa shape index (κ3) is 4.42. The third-order valence-electron chi connectivity index (χ3n) is 3.69. The second-order valence-electron chi connectivity index (χ2n) is 5.53. The Kier molecular flexibility index (Phi) is 5.55. The van der Waals surface area contributed by atoms with Crippen LogP contribution in [0, 0.1) is 6.92 Å². The van der Waals surface area contributed by atoms with Crippen LogP contribution >= 0.6 is 15.9 Å². The highest BCUT2D eigenvalue weighted by atomic mass is 79.9. The topological polar surface area (TPSA) is 63.4 Å². The predicted molar refractivity (Wildman–Crippen MR) is 93.7 cm³/mol. The van der Waals surface area contributed by atoms with Crippen molar-refractivity contribution >= 4 is 27.7 Å². The number of rotatable bonds is 5. The molecule has 0 aromatic heterocycles. The molecule has 120 valence electrons. The van der Waals surface area contributed by atoms with Gasteiger partial charge in [-0.15, -0.1) is 0 Å². The summed E-state index contributed by atoms with van der Waals surface area (Å²) in [7, 11) is 1.60. The molecular formula is C18H19BrN2O2. The van der Waals surface area contributed by atoms with Crippen molar-refractivity contribution in [3.8, 4) is 0 Å². The first-order valence-corrected chi connectivity index (χ1v) is 8.04. The van der Waals surface area contributed by atoms with Gasteiger partial charge in [0.15, 0.2) is 0 Å². The zero-order valence-corrected chi connectivity index (χ0v) is 14.7. The van der Waals surface area contributed by atoms with Crippen LogP contribution in [0.15, 0.2) is 53.0 Å². The number of nitrogens with two attached hydrogens (primary N) is 1. The van der Waals surface area contributed by atoms with E-state index < -0.39 is 11.9 Å². The minimum absolute atomic E-state index is 0.155. The number of hydrogen-bond acceptors (Lipinski definition) is 2. The SMILES string of the molecule is Cc1ccc(CC(=O)N(C)C(C(N)=O)c2cccc(Br)c2)cc1. The summed E-state index contributed by atoms with van der Waals surface area (Å²) in [5, 5.41) is 0. The lowest BCUT2D eigenvalue weighted by atomic mass is 10.0. The van der Waals surface area contributed by atoms with E-state index in [-0.39, 0.29) is 12.3 Å². The molecule has 0 aliphatic rings. The van der Waals surface area contributed by atoms with Crippen molar-refractivity contribution in [1.82, 2.24) is 4.90 Å². The van der Waals surface area contributed by atoms with Gasteiger partial charge in [-0.1, -0.05) is 57.9 Å². The largest absolute Gasteiger partial charge is 0.368 e. The van der Waals surface area contributed by atoms with Gasteiger partial charge >= 0.3 is 0 Å². The second-order valence-corrected chi connectivity index (χ2v) is 6.44. The molecule has 5 heteroatoms. The van der Waals surface area contributed by atoms with Crippen molar-refractivity contribution in [2.24, 2.45) is 5.73 Å². The van der Waals surface area contributed by atoms with E-state index in [1.807, 2.05) is 43.3 Å². The molecule has 23 heavy (non-hydrogen) atoms. The molecular weight excluding hydrogens is 356 g/mol. The van der Waals surface area contributed by atoms with Crippen molar-refractivity contribution in [2.45, 2.75) is 19.4 Å². The first kappa shape index (κ1) is 17.2. The number of benzene rings is 2. The van der Waals surface area contributed by atoms with E-state index in [0.29, 0.717) is 5.56 Å². The number of nitrogens with zero attached hydrogens (tertiary/aromatic N) is 1. The fraction of sp³-hybridized carbons (Fsp3) is 0.222. The number of carbonyl (C=O) groups excluding carboxylic acids is 2. The van der Waals surface area contributed by atoms with Gasteiger partial charge in [0.1, 0.15) is 6.04 Å². The standard InChI is InChI=1S/C18H19BrN2O2/c1-12-6-8-13(9-7-12)10-16(22)21(2)17(18(20)23)14-4-3-5-15(19)11-14/h3-9,11,17H,10H2,1-2H3,(H2,20,23). The number of halogens is 1. The average Bonchev–Trinajstić information content (AvgIpc) is 2.49. The maximum atomic E-state index is 12.5. The van der Waals surface area contributed by atoms with Gasteiger partial charge < -0.3 is 10.6 Å². The number of likely N-dealkylation sites (N-methyl/N-ethyl adjacent to an activating group) is 1. The zero-order valence-electron chi connectivity index (χ0n) is 13.1. The molecule has 4 nitrogen and oxygen atoms in total. The Morgan fingerprint density at radius 2 is 1.83 bits per heavy atom. The minimum Gasteiger partial charge on any atom is -0.368 e. The molecule has 2 amide bonds. The lowest BCUT2D eigenvalue weighted by Gasteiger charge is -2.26. The number of aryl methyl sites for hydroxylation is 1. The minimum atomic E-state index is -0.787. The van der Waals surface area contributed by atoms with Gasteiger partial charge in [-0.2, -0.15) is 0 Å². The summed E-state index contributed by atoms with van der Waals surface area (Å²) >= 11 is 3.37. The Morgan fingerprint density at radius 1 is 1.17 bits per heavy atom. The molecule has 0 bridgehead atoms. The van der Waals surface area contributed by atoms with Crippen molar-refractivity contribution in [2.75, 3.05) is 7.05 Å². The van der Waals surface area contributed by atoms with Crippen LogP contribution in [0.3, 0.4) is 0 Å². The fourth-order valence-electron chi connectivity index (χ4n) is 2.40. The highest BCUT2D eigenvalue weighted by molar-refractivity contribution is 9.10. The van der Waals surface area contributed by atoms with Gasteiger partial charge in [0.2, 0.25) is 11.8 Å². The van der Waals surface area contributed by atoms with Crippen molar-refractivity contribution < 1.29 is 9.59 Å². The number of amides is 2. The first-order chi connectivity index (χ1) is 10.9. The molecule has 0 saturated heterocycles. The molecule has 0 saturated carbocycles. The van der Waals surface area contributed by atoms with Crippen LogP contribution in [0.5, 0.6) is 0 Å². The summed E-state index contributed by atoms with van der Waals surface area (Å²) in [6.45, 7) is 1.99. The third-order valence-corrected chi connectivity index (χ3v) is 4.18. The van der Waals surface area contributed by atoms with E-state index in [2.05, 4.69) is 15.9 Å². The number of carbonyl (C=O) groups is 2. The summed E-state index contributed by atoms with van der Waals surface area (Å²) in [6.07, 6.45) is 0.231. The highest BCUT2D eigenvalue weighted by Gasteiger charge is 2.26. The van der Waals surface area contributed by atoms with Gasteiger partial charge in [-0.25, -0.2) is 0 Å². The van der Waals surface area contributed by atoms with Crippen molar-refractivity contribution in [1.29, 1.82) is 0 Å². The summed E-state index contributed by atoms with van der Waals surface area (Å²) in [6, 6.07) is 14.2. The summed E-state index contributed by atoms with van der Waals surface area (Å²) in [5.74, 6) is -0.708. The zero-order chi connectivity index (χ0) is 17.0. The summed E-state index contributed by atoms with van der Waals surface area (Å²) < 4.78 is 0.834. The maximum Gasteiger partial charge on any atom is 0.244 e. The molecule has 2 N–H and O–H groups in total. The van der Waals surface area contributed by atoms with Crippen LogP contribution in [-0.4, -0.2) is 23.8 Å². The molecule has 0 spiro atoms. The van der Waals surface area contributed by atoms with E-state index >= 15 is 0 Å². The average molecular weight is 375 g/mol. The lowest BCUT2D eigenvalue weighted by Crippen LogP contribution is -2.39. The van der Waals surface area contributed by atoms with Crippen LogP contribution in [0.1, 0.15) is 22.7 Å². The first-order valence-electron chi connectivity index (χ1n) is 7.24. The molecule has 1 atom stereocenters. The van der Waals surface area contributed by atoms with Gasteiger partial charge in [0.05, 0.1) is 6.42 Å². The molecule has 0 radical (unpaired) electrons. The van der Waals surface area contributed by atoms with Gasteiger partial charge in [-0.3, -0.25) is 9.59 Å². The van der Waals surface area contributed by atoms with Crippen LogP contribution in [-0.2, 0) is 16.0 Å². The van der Waals surface area contributed by atoms with Gasteiger partial charge in [-0.05, 0) is 30.2 Å². The Hall–Kier alpha value is -2.14. The second kappa shape index (κ2) is 7.42. The van der Waals surface area contributed by atoms with E-state index in [4.69, 9.17) is 5.73 Å². The van der Waals surface area contributed by atoms with E-state index in [9.17, 15) is 9.59 Å². The Bertz CT molecular complexity index is 713. The molecule has 0 aliphatic carbocycles. The maximum absolute atomic E-state index is 12.5. The summed E-state index contributed by atoms with van der Waals surface area (Å²) in [4.78, 5) is 25.8. The van der Waals surface area contributed by atoms with E-state index in [0.717, 1.165) is 15.6 Å². The van der Waals surface area contributed by atoms with Crippen LogP contribution < -0.4 is 5.73 Å². The molecule has 0 heterocycles. The van der Waals surface area contributed by atoms with Crippen molar-refractivity contribution in [3.05, 3.63) is 69.7 Å². The fourth-order valence-corrected chi connectivity index (χ4v) is 2.82. The molecule has 0 aliphatic heterocycles. The molecule has 2 aromatic carbocycles. The normalized spacial score (nSPS) is 11.8. The van der Waals surface area contributed by atoms with Crippen LogP contribution in [0.2, 0.25) is 0 Å². The molecule has 2 rings (SSSR count). The van der Waals surface area contributed by atoms with Crippen LogP contribution in [0.25, 0.3) is 0 Å². The van der Waals surface area contributed by atoms with E-state index in [1.54, 1.807) is 19.2 Å². The molecule has 2 aromatic rings. The Morgan fingerprint density at radius 3 is 2.39 bits per heavy atom. The van der Waals surface area contributed by atoms with Gasteiger partial charge in [0.25, 0.3) is 0 Å². The Labute approximate surface area is 144 Å². The predicted octanol–water partition coefficient (Wildman–Crippen LogP) is 2.99. The smallest absolute Gasteiger partial charge is 0.244 e. The van der Waals surface area contributed by atoms with Crippen LogP contribution in [0.4, 0.5) is 0 Å². The summed E-state index contributed by atoms with van der Waals surface area (Å²) in [5.41, 5.74) is 8.25. The monoisotopic (exact) mass is 374 g/mol. The van der Waals surface area contributed by atoms with Gasteiger partial charge in [0, 0.05) is 11.5 Å². The quantitative estimate of drug-likeness (QED) is 0.873. The Balaban J connectivity index is 2.20. The number of primary amides is 1. The highest BCUT2D eigenvalue weighted by Crippen LogP contribution is 2.23. The molecule has 1 unspecified atom stereocenters. The number of hydrogen-bond donors (Lipinski definition) is 1. The lowest BCUT2D eigenvalue weighted by molar-refractivity contribution is -0.137. The van der Waals surface area contributed by atoms with Crippen molar-refractivity contribution in [3.63, 3.8) is 0 Å². The molecule has 0 fully saturated rings. The van der Waals surface area contributed by atoms with E-state index in [1.165, 1.54) is 4.90 Å².